The van der Waals surface area contributed by atoms with Crippen LogP contribution in [0.25, 0.3) is 0 Å². The van der Waals surface area contributed by atoms with Crippen molar-refractivity contribution in [1.29, 1.82) is 0 Å². The van der Waals surface area contributed by atoms with Gasteiger partial charge in [0.25, 0.3) is 0 Å². The zero-order valence-electron chi connectivity index (χ0n) is 11.7. The van der Waals surface area contributed by atoms with Gasteiger partial charge in [0.2, 0.25) is 5.91 Å². The lowest BCUT2D eigenvalue weighted by molar-refractivity contribution is -0.117. The number of para-hydroxylation sites is 2. The molecule has 2 rings (SSSR count). The standard InChI is InChI=1S/C15H21NO3/c1-10(2)19-14-7-5-4-6-13(14)16-11(3)12(9-17)8-15(16)18/h4-7,10-12,17H,8-9H2,1-3H3. The van der Waals surface area contributed by atoms with Gasteiger partial charge in [-0.05, 0) is 32.9 Å². The summed E-state index contributed by atoms with van der Waals surface area (Å²) in [4.78, 5) is 13.9. The van der Waals surface area contributed by atoms with Gasteiger partial charge in [0, 0.05) is 25.0 Å². The maximum absolute atomic E-state index is 12.2. The van der Waals surface area contributed by atoms with E-state index in [-0.39, 0.29) is 30.6 Å². The van der Waals surface area contributed by atoms with Crippen molar-refractivity contribution in [2.75, 3.05) is 11.5 Å². The fourth-order valence-electron chi connectivity index (χ4n) is 2.51. The van der Waals surface area contributed by atoms with Gasteiger partial charge < -0.3 is 14.7 Å². The third kappa shape index (κ3) is 2.73. The molecular formula is C15H21NO3. The average Bonchev–Trinajstić information content (AvgIpc) is 2.65. The van der Waals surface area contributed by atoms with Gasteiger partial charge in [-0.25, -0.2) is 0 Å². The minimum atomic E-state index is -0.00517. The molecule has 4 heteroatoms. The predicted octanol–water partition coefficient (Wildman–Crippen LogP) is 2.21. The first-order valence-corrected chi connectivity index (χ1v) is 6.73. The Morgan fingerprint density at radius 1 is 1.42 bits per heavy atom. The topological polar surface area (TPSA) is 49.8 Å². The lowest BCUT2D eigenvalue weighted by Crippen LogP contribution is -2.34. The van der Waals surface area contributed by atoms with Crippen molar-refractivity contribution in [1.82, 2.24) is 0 Å². The lowest BCUT2D eigenvalue weighted by atomic mass is 10.0. The van der Waals surface area contributed by atoms with Gasteiger partial charge in [-0.2, -0.15) is 0 Å². The molecule has 0 spiro atoms. The van der Waals surface area contributed by atoms with Crippen molar-refractivity contribution < 1.29 is 14.6 Å². The van der Waals surface area contributed by atoms with Crippen molar-refractivity contribution in [3.8, 4) is 5.75 Å². The van der Waals surface area contributed by atoms with E-state index >= 15 is 0 Å². The Bertz CT molecular complexity index is 458. The maximum atomic E-state index is 12.2. The number of aliphatic hydroxyl groups excluding tert-OH is 1. The highest BCUT2D eigenvalue weighted by Crippen LogP contribution is 2.36. The van der Waals surface area contributed by atoms with E-state index in [1.807, 2.05) is 45.0 Å². The second-order valence-corrected chi connectivity index (χ2v) is 5.29. The van der Waals surface area contributed by atoms with Gasteiger partial charge in [-0.3, -0.25) is 4.79 Å². The van der Waals surface area contributed by atoms with E-state index in [0.29, 0.717) is 6.42 Å². The predicted molar refractivity (Wildman–Crippen MR) is 74.3 cm³/mol. The summed E-state index contributed by atoms with van der Waals surface area (Å²) in [6.07, 6.45) is 0.455. The number of carbonyl (C=O) groups excluding carboxylic acids is 1. The van der Waals surface area contributed by atoms with Crippen molar-refractivity contribution in [2.45, 2.75) is 39.3 Å². The zero-order chi connectivity index (χ0) is 14.0. The molecule has 104 valence electrons. The molecule has 2 atom stereocenters. The van der Waals surface area contributed by atoms with Gasteiger partial charge in [0.05, 0.1) is 11.8 Å². The summed E-state index contributed by atoms with van der Waals surface area (Å²) in [7, 11) is 0. The minimum Gasteiger partial charge on any atom is -0.489 e. The largest absolute Gasteiger partial charge is 0.489 e. The molecule has 1 amide bonds. The fourth-order valence-corrected chi connectivity index (χ4v) is 2.51. The smallest absolute Gasteiger partial charge is 0.227 e. The maximum Gasteiger partial charge on any atom is 0.227 e. The summed E-state index contributed by atoms with van der Waals surface area (Å²) in [5.41, 5.74) is 0.796. The third-order valence-electron chi connectivity index (χ3n) is 3.52. The molecule has 1 aromatic carbocycles. The van der Waals surface area contributed by atoms with Crippen LogP contribution in [-0.4, -0.2) is 29.8 Å². The summed E-state index contributed by atoms with van der Waals surface area (Å²) >= 11 is 0. The quantitative estimate of drug-likeness (QED) is 0.906. The van der Waals surface area contributed by atoms with Gasteiger partial charge >= 0.3 is 0 Å². The van der Waals surface area contributed by atoms with E-state index in [0.717, 1.165) is 11.4 Å². The van der Waals surface area contributed by atoms with Gasteiger partial charge in [0.15, 0.2) is 0 Å². The number of rotatable bonds is 4. The second-order valence-electron chi connectivity index (χ2n) is 5.29. The average molecular weight is 263 g/mol. The highest BCUT2D eigenvalue weighted by molar-refractivity contribution is 5.97. The third-order valence-corrected chi connectivity index (χ3v) is 3.52. The van der Waals surface area contributed by atoms with Crippen LogP contribution in [0.2, 0.25) is 0 Å². The number of hydrogen-bond donors (Lipinski definition) is 1. The molecule has 0 bridgehead atoms. The number of carbonyl (C=O) groups is 1. The van der Waals surface area contributed by atoms with E-state index < -0.39 is 0 Å². The number of benzene rings is 1. The van der Waals surface area contributed by atoms with Gasteiger partial charge in [-0.1, -0.05) is 12.1 Å². The van der Waals surface area contributed by atoms with Gasteiger partial charge in [0.1, 0.15) is 5.75 Å². The zero-order valence-corrected chi connectivity index (χ0v) is 11.7. The molecule has 1 aliphatic rings. The van der Waals surface area contributed by atoms with Crippen LogP contribution in [-0.2, 0) is 4.79 Å². The van der Waals surface area contributed by atoms with Crippen LogP contribution in [0, 0.1) is 5.92 Å². The monoisotopic (exact) mass is 263 g/mol. The molecule has 2 unspecified atom stereocenters. The van der Waals surface area contributed by atoms with Crippen LogP contribution in [0.1, 0.15) is 27.2 Å². The normalized spacial score (nSPS) is 23.2. The first-order valence-electron chi connectivity index (χ1n) is 6.73. The molecule has 1 aliphatic heterocycles. The molecule has 19 heavy (non-hydrogen) atoms. The molecule has 4 nitrogen and oxygen atoms in total. The van der Waals surface area contributed by atoms with Crippen LogP contribution < -0.4 is 9.64 Å². The van der Waals surface area contributed by atoms with Crippen molar-refractivity contribution in [2.24, 2.45) is 5.92 Å². The molecule has 1 fully saturated rings. The van der Waals surface area contributed by atoms with E-state index in [2.05, 4.69) is 0 Å². The Hall–Kier alpha value is -1.55. The Kier molecular flexibility index (Phi) is 4.10. The second kappa shape index (κ2) is 5.61. The highest BCUT2D eigenvalue weighted by Gasteiger charge is 2.38. The Morgan fingerprint density at radius 2 is 2.11 bits per heavy atom. The van der Waals surface area contributed by atoms with E-state index in [1.165, 1.54) is 0 Å². The Morgan fingerprint density at radius 3 is 2.68 bits per heavy atom. The first-order chi connectivity index (χ1) is 9.04. The summed E-state index contributed by atoms with van der Waals surface area (Å²) in [6.45, 7) is 5.93. The van der Waals surface area contributed by atoms with Crippen LogP contribution >= 0.6 is 0 Å². The first kappa shape index (κ1) is 13.9. The lowest BCUT2D eigenvalue weighted by Gasteiger charge is -2.26. The molecule has 0 aromatic heterocycles. The van der Waals surface area contributed by atoms with E-state index in [1.54, 1.807) is 4.90 Å². The SMILES string of the molecule is CC(C)Oc1ccccc1N1C(=O)CC(CO)C1C. The fraction of sp³-hybridized carbons (Fsp3) is 0.533. The minimum absolute atomic E-state index is 0.000365. The Labute approximate surface area is 114 Å². The molecule has 0 radical (unpaired) electrons. The van der Waals surface area contributed by atoms with Crippen LogP contribution in [0.3, 0.4) is 0 Å². The summed E-state index contributed by atoms with van der Waals surface area (Å²) < 4.78 is 5.77. The van der Waals surface area contributed by atoms with Crippen molar-refractivity contribution >= 4 is 11.6 Å². The summed E-state index contributed by atoms with van der Waals surface area (Å²) in [5.74, 6) is 0.766. The molecule has 1 N–H and O–H groups in total. The number of nitrogens with zero attached hydrogens (tertiary/aromatic N) is 1. The number of aliphatic hydroxyl groups is 1. The number of ether oxygens (including phenoxy) is 1. The van der Waals surface area contributed by atoms with Crippen molar-refractivity contribution in [3.63, 3.8) is 0 Å². The van der Waals surface area contributed by atoms with Crippen LogP contribution in [0.5, 0.6) is 5.75 Å². The highest BCUT2D eigenvalue weighted by atomic mass is 16.5. The van der Waals surface area contributed by atoms with E-state index in [9.17, 15) is 9.90 Å². The van der Waals surface area contributed by atoms with Crippen molar-refractivity contribution in [3.05, 3.63) is 24.3 Å². The molecule has 1 aromatic rings. The van der Waals surface area contributed by atoms with Gasteiger partial charge in [-0.15, -0.1) is 0 Å². The van der Waals surface area contributed by atoms with Crippen LogP contribution in [0.4, 0.5) is 5.69 Å². The van der Waals surface area contributed by atoms with Crippen LogP contribution in [0.15, 0.2) is 24.3 Å². The Balaban J connectivity index is 2.33. The molecule has 1 saturated heterocycles. The number of amides is 1. The molecular weight excluding hydrogens is 242 g/mol. The number of hydrogen-bond acceptors (Lipinski definition) is 3. The molecule has 0 saturated carbocycles. The van der Waals surface area contributed by atoms with E-state index in [4.69, 9.17) is 4.74 Å². The molecule has 0 aliphatic carbocycles. The summed E-state index contributed by atoms with van der Waals surface area (Å²) in [5, 5.41) is 9.32. The molecule has 1 heterocycles. The summed E-state index contributed by atoms with van der Waals surface area (Å²) in [6, 6.07) is 7.56. The number of anilines is 1.